The van der Waals surface area contributed by atoms with Gasteiger partial charge >= 0.3 is 0 Å². The summed E-state index contributed by atoms with van der Waals surface area (Å²) in [6.45, 7) is 4.27. The Hall–Kier alpha value is -1.70. The molecule has 116 valence electrons. The molecule has 4 rings (SSSR count). The summed E-state index contributed by atoms with van der Waals surface area (Å²) in [6.07, 6.45) is 3.32. The standard InChI is InChI=1S/C16H13N3OS3/c1-9-10(2)23-16-13(9)15(17-8-18-16)22-7-11-6-21-14(19-11)12-4-3-5-20-12/h3-6,8H,7H2,1-2H3. The fraction of sp³-hybridized carbons (Fsp3) is 0.188. The molecule has 4 nitrogen and oxygen atoms in total. The average Bonchev–Trinajstić information content (AvgIpc) is 3.27. The Bertz CT molecular complexity index is 956. The van der Waals surface area contributed by atoms with E-state index in [1.807, 2.05) is 12.1 Å². The summed E-state index contributed by atoms with van der Waals surface area (Å²) < 4.78 is 5.39. The Kier molecular flexibility index (Phi) is 3.92. The lowest BCUT2D eigenvalue weighted by molar-refractivity contribution is 0.581. The van der Waals surface area contributed by atoms with Gasteiger partial charge in [-0.15, -0.1) is 22.7 Å². The number of aromatic nitrogens is 3. The highest BCUT2D eigenvalue weighted by atomic mass is 32.2. The van der Waals surface area contributed by atoms with Crippen LogP contribution < -0.4 is 0 Å². The van der Waals surface area contributed by atoms with Crippen LogP contribution in [0, 0.1) is 13.8 Å². The zero-order valence-corrected chi connectivity index (χ0v) is 15.0. The first-order chi connectivity index (χ1) is 11.2. The molecule has 0 bridgehead atoms. The van der Waals surface area contributed by atoms with Gasteiger partial charge in [0.05, 0.1) is 12.0 Å². The Morgan fingerprint density at radius 2 is 2.17 bits per heavy atom. The minimum Gasteiger partial charge on any atom is -0.462 e. The van der Waals surface area contributed by atoms with Crippen molar-refractivity contribution in [3.05, 3.63) is 46.2 Å². The lowest BCUT2D eigenvalue weighted by Gasteiger charge is -2.01. The molecule has 0 saturated heterocycles. The number of aryl methyl sites for hydroxylation is 2. The molecule has 0 atom stereocenters. The summed E-state index contributed by atoms with van der Waals surface area (Å²) >= 11 is 5.04. The molecular weight excluding hydrogens is 346 g/mol. The molecule has 4 aromatic heterocycles. The third kappa shape index (κ3) is 2.80. The molecule has 0 fully saturated rings. The minimum atomic E-state index is 0.789. The summed E-state index contributed by atoms with van der Waals surface area (Å²) in [7, 11) is 0. The van der Waals surface area contributed by atoms with E-state index in [0.29, 0.717) is 0 Å². The molecule has 0 aliphatic heterocycles. The average molecular weight is 360 g/mol. The first kappa shape index (κ1) is 14.9. The maximum absolute atomic E-state index is 5.39. The van der Waals surface area contributed by atoms with Gasteiger partial charge in [0.1, 0.15) is 16.2 Å². The van der Waals surface area contributed by atoms with Crippen molar-refractivity contribution in [3.63, 3.8) is 0 Å². The lowest BCUT2D eigenvalue weighted by atomic mass is 10.2. The number of rotatable bonds is 4. The van der Waals surface area contributed by atoms with Crippen LogP contribution in [0.2, 0.25) is 0 Å². The molecule has 7 heteroatoms. The Morgan fingerprint density at radius 3 is 3.00 bits per heavy atom. The summed E-state index contributed by atoms with van der Waals surface area (Å²) in [4.78, 5) is 15.9. The van der Waals surface area contributed by atoms with Crippen LogP contribution in [0.1, 0.15) is 16.1 Å². The van der Waals surface area contributed by atoms with E-state index in [4.69, 9.17) is 4.42 Å². The first-order valence-electron chi connectivity index (χ1n) is 7.04. The Balaban J connectivity index is 1.58. The van der Waals surface area contributed by atoms with Gasteiger partial charge in [-0.3, -0.25) is 0 Å². The number of furan rings is 1. The number of thiazole rings is 1. The van der Waals surface area contributed by atoms with E-state index in [1.165, 1.54) is 15.8 Å². The molecule has 0 amide bonds. The van der Waals surface area contributed by atoms with Crippen LogP contribution in [0.3, 0.4) is 0 Å². The highest BCUT2D eigenvalue weighted by Crippen LogP contribution is 2.36. The fourth-order valence-corrected chi connectivity index (χ4v) is 5.19. The molecule has 0 saturated carbocycles. The quantitative estimate of drug-likeness (QED) is 0.365. The maximum atomic E-state index is 5.39. The molecule has 0 N–H and O–H groups in total. The minimum absolute atomic E-state index is 0.789. The number of fused-ring (bicyclic) bond motifs is 1. The Morgan fingerprint density at radius 1 is 1.26 bits per heavy atom. The molecule has 4 heterocycles. The van der Waals surface area contributed by atoms with Gasteiger partial charge in [-0.1, -0.05) is 11.8 Å². The summed E-state index contributed by atoms with van der Waals surface area (Å²) in [6, 6.07) is 3.81. The highest BCUT2D eigenvalue weighted by Gasteiger charge is 2.13. The Labute approximate surface area is 145 Å². The van der Waals surface area contributed by atoms with Gasteiger partial charge in [0, 0.05) is 21.4 Å². The van der Waals surface area contributed by atoms with E-state index in [9.17, 15) is 0 Å². The van der Waals surface area contributed by atoms with Crippen molar-refractivity contribution in [1.82, 2.24) is 15.0 Å². The molecule has 0 aliphatic carbocycles. The second kappa shape index (κ2) is 6.07. The van der Waals surface area contributed by atoms with Crippen LogP contribution in [0.15, 0.2) is 39.5 Å². The van der Waals surface area contributed by atoms with Gasteiger partial charge in [-0.2, -0.15) is 0 Å². The molecule has 0 aliphatic rings. The van der Waals surface area contributed by atoms with Crippen LogP contribution >= 0.6 is 34.4 Å². The SMILES string of the molecule is Cc1sc2ncnc(SCc3csc(-c4ccco4)n3)c2c1C. The molecule has 23 heavy (non-hydrogen) atoms. The van der Waals surface area contributed by atoms with Crippen LogP contribution in [-0.2, 0) is 5.75 Å². The first-order valence-corrected chi connectivity index (χ1v) is 9.72. The van der Waals surface area contributed by atoms with Crippen molar-refractivity contribution >= 4 is 44.7 Å². The number of thioether (sulfide) groups is 1. The van der Waals surface area contributed by atoms with E-state index in [2.05, 4.69) is 34.2 Å². The second-order valence-corrected chi connectivity index (χ2v) is 8.08. The summed E-state index contributed by atoms with van der Waals surface area (Å²) in [5.41, 5.74) is 2.32. The smallest absolute Gasteiger partial charge is 0.162 e. The van der Waals surface area contributed by atoms with E-state index < -0.39 is 0 Å². The molecular formula is C16H13N3OS3. The van der Waals surface area contributed by atoms with Crippen LogP contribution in [-0.4, -0.2) is 15.0 Å². The fourth-order valence-electron chi connectivity index (χ4n) is 2.29. The largest absolute Gasteiger partial charge is 0.462 e. The molecule has 0 spiro atoms. The second-order valence-electron chi connectivity index (χ2n) is 5.05. The van der Waals surface area contributed by atoms with E-state index in [0.717, 1.165) is 32.1 Å². The third-order valence-corrected chi connectivity index (χ3v) is 6.62. The summed E-state index contributed by atoms with van der Waals surface area (Å²) in [5, 5.41) is 5.21. The van der Waals surface area contributed by atoms with Gasteiger partial charge < -0.3 is 4.42 Å². The topological polar surface area (TPSA) is 51.8 Å². The van der Waals surface area contributed by atoms with Crippen molar-refractivity contribution in [2.45, 2.75) is 24.6 Å². The maximum Gasteiger partial charge on any atom is 0.162 e. The number of thiophene rings is 1. The van der Waals surface area contributed by atoms with Crippen molar-refractivity contribution in [1.29, 1.82) is 0 Å². The molecule has 0 radical (unpaired) electrons. The molecule has 0 aromatic carbocycles. The van der Waals surface area contributed by atoms with Crippen LogP contribution in [0.5, 0.6) is 0 Å². The van der Waals surface area contributed by atoms with Crippen molar-refractivity contribution in [2.24, 2.45) is 0 Å². The summed E-state index contributed by atoms with van der Waals surface area (Å²) in [5.74, 6) is 1.61. The van der Waals surface area contributed by atoms with E-state index in [-0.39, 0.29) is 0 Å². The lowest BCUT2D eigenvalue weighted by Crippen LogP contribution is -1.87. The predicted molar refractivity (Wildman–Crippen MR) is 96.3 cm³/mol. The van der Waals surface area contributed by atoms with E-state index in [1.54, 1.807) is 47.0 Å². The predicted octanol–water partition coefficient (Wildman–Crippen LogP) is 5.32. The van der Waals surface area contributed by atoms with Crippen LogP contribution in [0.4, 0.5) is 0 Å². The zero-order valence-electron chi connectivity index (χ0n) is 12.6. The number of hydrogen-bond acceptors (Lipinski definition) is 7. The van der Waals surface area contributed by atoms with Crippen LogP contribution in [0.25, 0.3) is 21.0 Å². The van der Waals surface area contributed by atoms with Crippen molar-refractivity contribution in [2.75, 3.05) is 0 Å². The monoisotopic (exact) mass is 359 g/mol. The van der Waals surface area contributed by atoms with Gasteiger partial charge in [0.15, 0.2) is 10.8 Å². The van der Waals surface area contributed by atoms with E-state index >= 15 is 0 Å². The van der Waals surface area contributed by atoms with Gasteiger partial charge in [0.2, 0.25) is 0 Å². The van der Waals surface area contributed by atoms with Gasteiger partial charge in [-0.05, 0) is 31.5 Å². The number of hydrogen-bond donors (Lipinski definition) is 0. The molecule has 4 aromatic rings. The molecule has 0 unspecified atom stereocenters. The van der Waals surface area contributed by atoms with Crippen molar-refractivity contribution in [3.8, 4) is 10.8 Å². The zero-order chi connectivity index (χ0) is 15.8. The normalized spacial score (nSPS) is 11.4. The third-order valence-electron chi connectivity index (χ3n) is 3.57. The van der Waals surface area contributed by atoms with Gasteiger partial charge in [0.25, 0.3) is 0 Å². The highest BCUT2D eigenvalue weighted by molar-refractivity contribution is 7.98. The van der Waals surface area contributed by atoms with Gasteiger partial charge in [-0.25, -0.2) is 15.0 Å². The number of nitrogens with zero attached hydrogens (tertiary/aromatic N) is 3. The van der Waals surface area contributed by atoms with Crippen molar-refractivity contribution < 1.29 is 4.42 Å².